The first-order valence-electron chi connectivity index (χ1n) is 8.01. The van der Waals surface area contributed by atoms with Crippen LogP contribution in [0.1, 0.15) is 44.0 Å². The summed E-state index contributed by atoms with van der Waals surface area (Å²) >= 11 is 0. The predicted molar refractivity (Wildman–Crippen MR) is 90.9 cm³/mol. The van der Waals surface area contributed by atoms with Gasteiger partial charge >= 0.3 is 0 Å². The summed E-state index contributed by atoms with van der Waals surface area (Å²) < 4.78 is 1.83. The summed E-state index contributed by atoms with van der Waals surface area (Å²) in [5.74, 6) is 0.776. The predicted octanol–water partition coefficient (Wildman–Crippen LogP) is 2.89. The van der Waals surface area contributed by atoms with E-state index in [-0.39, 0.29) is 11.4 Å². The fraction of sp³-hybridized carbons (Fsp3) is 0.471. The first-order valence-corrected chi connectivity index (χ1v) is 8.01. The Hall–Kier alpha value is -2.37. The molecule has 2 aromatic rings. The number of carbonyl (C=O) groups is 1. The Morgan fingerprint density at radius 2 is 1.91 bits per heavy atom. The zero-order chi connectivity index (χ0) is 16.4. The number of amides is 1. The van der Waals surface area contributed by atoms with Crippen LogP contribution in [0.4, 0.5) is 11.5 Å². The second-order valence-electron chi connectivity index (χ2n) is 6.90. The molecule has 0 spiro atoms. The molecule has 3 heterocycles. The Morgan fingerprint density at radius 3 is 2.48 bits per heavy atom. The highest BCUT2D eigenvalue weighted by Crippen LogP contribution is 2.19. The number of hydrogen-bond donors (Lipinski definition) is 1. The number of nitrogens with zero attached hydrogens (tertiary/aromatic N) is 4. The fourth-order valence-electron chi connectivity index (χ4n) is 2.61. The molecule has 1 amide bonds. The van der Waals surface area contributed by atoms with Crippen LogP contribution in [0.25, 0.3) is 0 Å². The quantitative estimate of drug-likeness (QED) is 0.946. The van der Waals surface area contributed by atoms with Gasteiger partial charge in [-0.3, -0.25) is 9.48 Å². The average Bonchev–Trinajstić information content (AvgIpc) is 3.18. The van der Waals surface area contributed by atoms with Crippen molar-refractivity contribution < 1.29 is 4.79 Å². The number of rotatable bonds is 3. The van der Waals surface area contributed by atoms with E-state index in [4.69, 9.17) is 0 Å². The van der Waals surface area contributed by atoms with Crippen LogP contribution in [-0.4, -0.2) is 33.8 Å². The fourth-order valence-corrected chi connectivity index (χ4v) is 2.61. The van der Waals surface area contributed by atoms with Gasteiger partial charge in [0.1, 0.15) is 5.82 Å². The normalized spacial score (nSPS) is 15.0. The monoisotopic (exact) mass is 313 g/mol. The molecule has 23 heavy (non-hydrogen) atoms. The number of aromatic nitrogens is 3. The maximum Gasteiger partial charge on any atom is 0.257 e. The standard InChI is InChI=1S/C17H23N5O/c1-17(2,3)22-12-14(11-19-22)20-16(23)13-6-7-15(18-10-13)21-8-4-5-9-21/h6-7,10-12H,4-5,8-9H2,1-3H3,(H,20,23). The van der Waals surface area contributed by atoms with Crippen molar-refractivity contribution in [2.75, 3.05) is 23.3 Å². The Balaban J connectivity index is 1.67. The van der Waals surface area contributed by atoms with E-state index < -0.39 is 0 Å². The third kappa shape index (κ3) is 3.52. The second kappa shape index (κ2) is 6.02. The number of pyridine rings is 1. The van der Waals surface area contributed by atoms with Crippen molar-refractivity contribution in [2.45, 2.75) is 39.2 Å². The topological polar surface area (TPSA) is 63.1 Å². The van der Waals surface area contributed by atoms with Crippen LogP contribution in [0.3, 0.4) is 0 Å². The molecule has 0 atom stereocenters. The Bertz CT molecular complexity index is 678. The van der Waals surface area contributed by atoms with Crippen LogP contribution in [0, 0.1) is 0 Å². The highest BCUT2D eigenvalue weighted by atomic mass is 16.1. The first kappa shape index (κ1) is 15.5. The zero-order valence-corrected chi connectivity index (χ0v) is 13.9. The second-order valence-corrected chi connectivity index (χ2v) is 6.90. The molecular formula is C17H23N5O. The molecule has 6 nitrogen and oxygen atoms in total. The van der Waals surface area contributed by atoms with E-state index in [9.17, 15) is 4.79 Å². The average molecular weight is 313 g/mol. The van der Waals surface area contributed by atoms with Gasteiger partial charge in [0.2, 0.25) is 0 Å². The summed E-state index contributed by atoms with van der Waals surface area (Å²) in [5.41, 5.74) is 1.13. The number of hydrogen-bond acceptors (Lipinski definition) is 4. The van der Waals surface area contributed by atoms with E-state index in [1.807, 2.05) is 23.0 Å². The minimum Gasteiger partial charge on any atom is -0.357 e. The highest BCUT2D eigenvalue weighted by Gasteiger charge is 2.16. The van der Waals surface area contributed by atoms with Crippen molar-refractivity contribution in [1.29, 1.82) is 0 Å². The molecule has 1 N–H and O–H groups in total. The van der Waals surface area contributed by atoms with Crippen LogP contribution in [0.5, 0.6) is 0 Å². The number of carbonyl (C=O) groups excluding carboxylic acids is 1. The molecule has 0 saturated carbocycles. The lowest BCUT2D eigenvalue weighted by Crippen LogP contribution is -2.22. The summed E-state index contributed by atoms with van der Waals surface area (Å²) in [5, 5.41) is 7.14. The molecule has 0 bridgehead atoms. The summed E-state index contributed by atoms with van der Waals surface area (Å²) in [4.78, 5) is 19.0. The van der Waals surface area contributed by atoms with Crippen LogP contribution >= 0.6 is 0 Å². The van der Waals surface area contributed by atoms with E-state index in [1.54, 1.807) is 12.4 Å². The zero-order valence-electron chi connectivity index (χ0n) is 13.9. The lowest BCUT2D eigenvalue weighted by Gasteiger charge is -2.18. The molecule has 0 unspecified atom stereocenters. The molecule has 6 heteroatoms. The molecule has 1 aliphatic rings. The highest BCUT2D eigenvalue weighted by molar-refractivity contribution is 6.04. The molecule has 3 rings (SSSR count). The summed E-state index contributed by atoms with van der Waals surface area (Å²) in [6, 6.07) is 3.74. The number of anilines is 2. The molecule has 1 aliphatic heterocycles. The van der Waals surface area contributed by atoms with E-state index >= 15 is 0 Å². The Morgan fingerprint density at radius 1 is 1.17 bits per heavy atom. The van der Waals surface area contributed by atoms with Gasteiger partial charge in [-0.15, -0.1) is 0 Å². The Labute approximate surface area is 136 Å². The van der Waals surface area contributed by atoms with Crippen molar-refractivity contribution in [3.63, 3.8) is 0 Å². The maximum absolute atomic E-state index is 12.3. The van der Waals surface area contributed by atoms with Gasteiger partial charge in [0.15, 0.2) is 0 Å². The molecule has 1 fully saturated rings. The summed E-state index contributed by atoms with van der Waals surface area (Å²) in [6.45, 7) is 8.28. The summed E-state index contributed by atoms with van der Waals surface area (Å²) in [7, 11) is 0. The van der Waals surface area contributed by atoms with Gasteiger partial charge in [-0.05, 0) is 45.7 Å². The van der Waals surface area contributed by atoms with Crippen LogP contribution < -0.4 is 10.2 Å². The van der Waals surface area contributed by atoms with Gasteiger partial charge in [0, 0.05) is 25.5 Å². The van der Waals surface area contributed by atoms with E-state index in [2.05, 4.69) is 41.1 Å². The van der Waals surface area contributed by atoms with Gasteiger partial charge in [-0.2, -0.15) is 5.10 Å². The largest absolute Gasteiger partial charge is 0.357 e. The maximum atomic E-state index is 12.3. The smallest absolute Gasteiger partial charge is 0.257 e. The minimum atomic E-state index is -0.168. The van der Waals surface area contributed by atoms with Crippen LogP contribution in [0.15, 0.2) is 30.7 Å². The third-order valence-corrected chi connectivity index (χ3v) is 3.97. The lowest BCUT2D eigenvalue weighted by molar-refractivity contribution is 0.102. The van der Waals surface area contributed by atoms with Crippen molar-refractivity contribution in [2.24, 2.45) is 0 Å². The van der Waals surface area contributed by atoms with Gasteiger partial charge in [-0.1, -0.05) is 0 Å². The SMILES string of the molecule is CC(C)(C)n1cc(NC(=O)c2ccc(N3CCCC3)nc2)cn1. The van der Waals surface area contributed by atoms with Gasteiger partial charge < -0.3 is 10.2 Å². The molecule has 0 radical (unpaired) electrons. The van der Waals surface area contributed by atoms with Crippen molar-refractivity contribution in [3.05, 3.63) is 36.3 Å². The lowest BCUT2D eigenvalue weighted by atomic mass is 10.1. The van der Waals surface area contributed by atoms with E-state index in [1.165, 1.54) is 12.8 Å². The van der Waals surface area contributed by atoms with Crippen molar-refractivity contribution in [3.8, 4) is 0 Å². The van der Waals surface area contributed by atoms with Gasteiger partial charge in [-0.25, -0.2) is 4.98 Å². The first-order chi connectivity index (χ1) is 10.9. The van der Waals surface area contributed by atoms with Crippen molar-refractivity contribution in [1.82, 2.24) is 14.8 Å². The molecular weight excluding hydrogens is 290 g/mol. The van der Waals surface area contributed by atoms with Gasteiger partial charge in [0.05, 0.1) is 23.0 Å². The third-order valence-electron chi connectivity index (χ3n) is 3.97. The Kier molecular flexibility index (Phi) is 4.07. The molecule has 2 aromatic heterocycles. The minimum absolute atomic E-state index is 0.109. The summed E-state index contributed by atoms with van der Waals surface area (Å²) in [6.07, 6.45) is 7.56. The van der Waals surface area contributed by atoms with Crippen LogP contribution in [0.2, 0.25) is 0 Å². The van der Waals surface area contributed by atoms with Gasteiger partial charge in [0.25, 0.3) is 5.91 Å². The molecule has 122 valence electrons. The molecule has 1 saturated heterocycles. The molecule has 0 aliphatic carbocycles. The number of nitrogens with one attached hydrogen (secondary N) is 1. The van der Waals surface area contributed by atoms with Crippen molar-refractivity contribution >= 4 is 17.4 Å². The van der Waals surface area contributed by atoms with E-state index in [0.29, 0.717) is 11.3 Å². The molecule has 0 aromatic carbocycles. The van der Waals surface area contributed by atoms with Crippen LogP contribution in [-0.2, 0) is 5.54 Å². The van der Waals surface area contributed by atoms with E-state index in [0.717, 1.165) is 18.9 Å².